The van der Waals surface area contributed by atoms with Crippen molar-refractivity contribution in [2.75, 3.05) is 6.61 Å². The van der Waals surface area contributed by atoms with E-state index in [1.54, 1.807) is 18.2 Å². The number of amides is 2. The molecular weight excluding hydrogens is 316 g/mol. The van der Waals surface area contributed by atoms with Crippen LogP contribution in [-0.4, -0.2) is 24.5 Å². The Kier molecular flexibility index (Phi) is 6.14. The van der Waals surface area contributed by atoms with E-state index in [1.165, 1.54) is 6.07 Å². The van der Waals surface area contributed by atoms with Gasteiger partial charge in [0.25, 0.3) is 5.91 Å². The Morgan fingerprint density at radius 2 is 1.87 bits per heavy atom. The van der Waals surface area contributed by atoms with Crippen molar-refractivity contribution in [3.63, 3.8) is 0 Å². The van der Waals surface area contributed by atoms with E-state index in [2.05, 4.69) is 5.32 Å². The van der Waals surface area contributed by atoms with Gasteiger partial charge in [-0.2, -0.15) is 0 Å². The van der Waals surface area contributed by atoms with Gasteiger partial charge in [0.15, 0.2) is 0 Å². The Bertz CT molecular complexity index is 677. The van der Waals surface area contributed by atoms with Crippen LogP contribution >= 0.6 is 11.6 Å². The van der Waals surface area contributed by atoms with E-state index in [9.17, 15) is 9.59 Å². The lowest BCUT2D eigenvalue weighted by atomic mass is 10.2. The summed E-state index contributed by atoms with van der Waals surface area (Å²) in [5.41, 5.74) is 6.64. The number of nitrogens with one attached hydrogen (secondary N) is 1. The van der Waals surface area contributed by atoms with Gasteiger partial charge >= 0.3 is 0 Å². The van der Waals surface area contributed by atoms with Gasteiger partial charge in [-0.1, -0.05) is 48.0 Å². The topological polar surface area (TPSA) is 81.4 Å². The monoisotopic (exact) mass is 332 g/mol. The van der Waals surface area contributed by atoms with E-state index in [0.29, 0.717) is 17.2 Å². The highest BCUT2D eigenvalue weighted by Crippen LogP contribution is 2.10. The molecule has 0 saturated carbocycles. The average molecular weight is 333 g/mol. The fourth-order valence-electron chi connectivity index (χ4n) is 1.94. The highest BCUT2D eigenvalue weighted by atomic mass is 35.5. The molecule has 0 aliphatic rings. The highest BCUT2D eigenvalue weighted by molar-refractivity contribution is 6.31. The van der Waals surface area contributed by atoms with E-state index in [4.69, 9.17) is 22.1 Å². The van der Waals surface area contributed by atoms with Crippen LogP contribution in [0.5, 0.6) is 0 Å². The van der Waals surface area contributed by atoms with Crippen LogP contribution in [0, 0.1) is 0 Å². The summed E-state index contributed by atoms with van der Waals surface area (Å²) in [4.78, 5) is 23.6. The highest BCUT2D eigenvalue weighted by Gasteiger charge is 2.19. The summed E-state index contributed by atoms with van der Waals surface area (Å²) in [5.74, 6) is -1.09. The van der Waals surface area contributed by atoms with Gasteiger partial charge in [-0.05, 0) is 23.8 Å². The molecule has 0 heterocycles. The number of hydrogen-bond donors (Lipinski definition) is 2. The minimum Gasteiger partial charge on any atom is -0.374 e. The Hall–Kier alpha value is -2.37. The smallest absolute Gasteiger partial charge is 0.252 e. The molecule has 5 nitrogen and oxygen atoms in total. The molecule has 0 spiro atoms. The van der Waals surface area contributed by atoms with Crippen molar-refractivity contribution in [2.45, 2.75) is 12.6 Å². The molecule has 2 aromatic carbocycles. The van der Waals surface area contributed by atoms with Crippen molar-refractivity contribution in [2.24, 2.45) is 5.73 Å². The first-order valence-electron chi connectivity index (χ1n) is 7.03. The van der Waals surface area contributed by atoms with Gasteiger partial charge < -0.3 is 15.8 Å². The SMILES string of the molecule is NC(=O)[C@H](COCc1ccccc1)NC(=O)c1cccc(Cl)c1. The molecule has 1 atom stereocenters. The van der Waals surface area contributed by atoms with E-state index in [-0.39, 0.29) is 6.61 Å². The molecule has 23 heavy (non-hydrogen) atoms. The van der Waals surface area contributed by atoms with Crippen LogP contribution in [0.2, 0.25) is 5.02 Å². The Morgan fingerprint density at radius 3 is 2.52 bits per heavy atom. The lowest BCUT2D eigenvalue weighted by Crippen LogP contribution is -2.47. The van der Waals surface area contributed by atoms with Crippen molar-refractivity contribution in [3.8, 4) is 0 Å². The first kappa shape index (κ1) is 17.0. The van der Waals surface area contributed by atoms with Gasteiger partial charge in [-0.25, -0.2) is 0 Å². The van der Waals surface area contributed by atoms with Crippen LogP contribution in [0.1, 0.15) is 15.9 Å². The fourth-order valence-corrected chi connectivity index (χ4v) is 2.13. The molecular formula is C17H17ClN2O3. The van der Waals surface area contributed by atoms with E-state index >= 15 is 0 Å². The number of benzene rings is 2. The Morgan fingerprint density at radius 1 is 1.13 bits per heavy atom. The van der Waals surface area contributed by atoms with Gasteiger partial charge in [-0.15, -0.1) is 0 Å². The minimum absolute atomic E-state index is 0.00344. The molecule has 0 aliphatic carbocycles. The van der Waals surface area contributed by atoms with Crippen molar-refractivity contribution in [3.05, 3.63) is 70.7 Å². The molecule has 0 fully saturated rings. The van der Waals surface area contributed by atoms with Crippen LogP contribution in [-0.2, 0) is 16.1 Å². The normalized spacial score (nSPS) is 11.7. The fraction of sp³-hybridized carbons (Fsp3) is 0.176. The summed E-state index contributed by atoms with van der Waals surface area (Å²) in [7, 11) is 0. The first-order valence-corrected chi connectivity index (χ1v) is 7.41. The second-order valence-corrected chi connectivity index (χ2v) is 5.38. The average Bonchev–Trinajstić information content (AvgIpc) is 2.54. The van der Waals surface area contributed by atoms with E-state index < -0.39 is 17.9 Å². The molecule has 0 unspecified atom stereocenters. The summed E-state index contributed by atoms with van der Waals surface area (Å²) in [5, 5.41) is 2.99. The number of ether oxygens (including phenoxy) is 1. The largest absolute Gasteiger partial charge is 0.374 e. The third kappa shape index (κ3) is 5.39. The predicted molar refractivity (Wildman–Crippen MR) is 88.0 cm³/mol. The first-order chi connectivity index (χ1) is 11.1. The third-order valence-electron chi connectivity index (χ3n) is 3.13. The van der Waals surface area contributed by atoms with Crippen molar-refractivity contribution in [1.29, 1.82) is 0 Å². The van der Waals surface area contributed by atoms with Crippen LogP contribution < -0.4 is 11.1 Å². The maximum atomic E-state index is 12.1. The second kappa shape index (κ2) is 8.31. The molecule has 2 amide bonds. The van der Waals surface area contributed by atoms with Crippen molar-refractivity contribution < 1.29 is 14.3 Å². The van der Waals surface area contributed by atoms with E-state index in [0.717, 1.165) is 5.56 Å². The number of carbonyl (C=O) groups is 2. The van der Waals surface area contributed by atoms with Crippen molar-refractivity contribution >= 4 is 23.4 Å². The molecule has 6 heteroatoms. The lowest BCUT2D eigenvalue weighted by molar-refractivity contribution is -0.121. The molecule has 0 aromatic heterocycles. The van der Waals surface area contributed by atoms with E-state index in [1.807, 2.05) is 30.3 Å². The van der Waals surface area contributed by atoms with Crippen LogP contribution in [0.3, 0.4) is 0 Å². The van der Waals surface area contributed by atoms with Crippen LogP contribution in [0.4, 0.5) is 0 Å². The van der Waals surface area contributed by atoms with Crippen LogP contribution in [0.25, 0.3) is 0 Å². The van der Waals surface area contributed by atoms with Crippen LogP contribution in [0.15, 0.2) is 54.6 Å². The Balaban J connectivity index is 1.91. The van der Waals surface area contributed by atoms with Gasteiger partial charge in [0.2, 0.25) is 5.91 Å². The third-order valence-corrected chi connectivity index (χ3v) is 3.37. The number of hydrogen-bond acceptors (Lipinski definition) is 3. The predicted octanol–water partition coefficient (Wildman–Crippen LogP) is 2.14. The zero-order valence-electron chi connectivity index (χ0n) is 12.4. The minimum atomic E-state index is -0.912. The molecule has 3 N–H and O–H groups in total. The quantitative estimate of drug-likeness (QED) is 0.815. The molecule has 0 radical (unpaired) electrons. The molecule has 120 valence electrons. The Labute approximate surface area is 139 Å². The maximum Gasteiger partial charge on any atom is 0.252 e. The van der Waals surface area contributed by atoms with Gasteiger partial charge in [-0.3, -0.25) is 9.59 Å². The molecule has 0 saturated heterocycles. The zero-order valence-corrected chi connectivity index (χ0v) is 13.1. The van der Waals surface area contributed by atoms with Gasteiger partial charge in [0.05, 0.1) is 13.2 Å². The summed E-state index contributed by atoms with van der Waals surface area (Å²) < 4.78 is 5.46. The summed E-state index contributed by atoms with van der Waals surface area (Å²) >= 11 is 5.84. The molecule has 0 aliphatic heterocycles. The second-order valence-electron chi connectivity index (χ2n) is 4.94. The molecule has 2 rings (SSSR count). The molecule has 0 bridgehead atoms. The molecule has 2 aromatic rings. The number of nitrogens with two attached hydrogens (primary N) is 1. The summed E-state index contributed by atoms with van der Waals surface area (Å²) in [6.07, 6.45) is 0. The number of primary amides is 1. The summed E-state index contributed by atoms with van der Waals surface area (Å²) in [6.45, 7) is 0.328. The number of carbonyl (C=O) groups excluding carboxylic acids is 2. The van der Waals surface area contributed by atoms with Crippen molar-refractivity contribution in [1.82, 2.24) is 5.32 Å². The lowest BCUT2D eigenvalue weighted by Gasteiger charge is -2.16. The van der Waals surface area contributed by atoms with Gasteiger partial charge in [0, 0.05) is 10.6 Å². The number of rotatable bonds is 7. The van der Waals surface area contributed by atoms with Gasteiger partial charge in [0.1, 0.15) is 6.04 Å². The zero-order chi connectivity index (χ0) is 16.7. The standard InChI is InChI=1S/C17H17ClN2O3/c18-14-8-4-7-13(9-14)17(22)20-15(16(19)21)11-23-10-12-5-2-1-3-6-12/h1-9,15H,10-11H2,(H2,19,21)(H,20,22)/t15-/m0/s1. The maximum absolute atomic E-state index is 12.1. The number of halogens is 1. The summed E-state index contributed by atoms with van der Waals surface area (Å²) in [6, 6.07) is 15.0.